The summed E-state index contributed by atoms with van der Waals surface area (Å²) < 4.78 is 31.9. The molecule has 1 atom stereocenters. The van der Waals surface area contributed by atoms with Crippen molar-refractivity contribution >= 4 is 22.6 Å². The van der Waals surface area contributed by atoms with E-state index in [0.29, 0.717) is 6.61 Å². The Bertz CT molecular complexity index is 581. The summed E-state index contributed by atoms with van der Waals surface area (Å²) in [7, 11) is -2.37. The molecular weight excluding hydrogens is 394 g/mol. The Balaban J connectivity index is 2.12. The largest absolute Gasteiger partial charge is 0.460 e. The van der Waals surface area contributed by atoms with Crippen molar-refractivity contribution in [3.8, 4) is 0 Å². The maximum absolute atomic E-state index is 6.48. The van der Waals surface area contributed by atoms with Crippen LogP contribution in [0.3, 0.4) is 0 Å². The summed E-state index contributed by atoms with van der Waals surface area (Å²) in [5.41, 5.74) is -1.39. The molecule has 0 saturated carbocycles. The molecule has 0 aromatic rings. The second kappa shape index (κ2) is 8.18. The van der Waals surface area contributed by atoms with Gasteiger partial charge >= 0.3 is 14.2 Å². The summed E-state index contributed by atoms with van der Waals surface area (Å²) in [5, 5.41) is 0.193. The minimum Gasteiger partial charge on any atom is -0.417 e. The van der Waals surface area contributed by atoms with Crippen molar-refractivity contribution < 1.29 is 23.0 Å². The van der Waals surface area contributed by atoms with Gasteiger partial charge in [0.15, 0.2) is 8.32 Å². The van der Waals surface area contributed by atoms with Gasteiger partial charge < -0.3 is 23.0 Å². The van der Waals surface area contributed by atoms with Crippen molar-refractivity contribution in [3.63, 3.8) is 0 Å². The van der Waals surface area contributed by atoms with E-state index >= 15 is 0 Å². The predicted molar refractivity (Wildman–Crippen MR) is 128 cm³/mol. The first-order valence-corrected chi connectivity index (χ1v) is 14.5. The standard InChI is InChI=1S/C22H46B2O5Si/c1-18(2,3)30(12,13)25-15-14-17(24-28-21(8,9)22(10,11)29-24)16-23-26-19(4,5)20(6,7)27-23/h17H,14-16H2,1-13H3. The molecule has 5 nitrogen and oxygen atoms in total. The smallest absolute Gasteiger partial charge is 0.417 e. The molecule has 1 unspecified atom stereocenters. The molecule has 2 fully saturated rings. The van der Waals surface area contributed by atoms with Crippen LogP contribution in [0, 0.1) is 0 Å². The maximum atomic E-state index is 6.48. The van der Waals surface area contributed by atoms with Crippen LogP contribution in [0.15, 0.2) is 0 Å². The molecule has 0 radical (unpaired) electrons. The fourth-order valence-corrected chi connectivity index (χ4v) is 4.50. The lowest BCUT2D eigenvalue weighted by molar-refractivity contribution is 0.00578. The Kier molecular flexibility index (Phi) is 7.19. The second-order valence-corrected chi connectivity index (χ2v) is 17.5. The lowest BCUT2D eigenvalue weighted by atomic mass is 9.60. The van der Waals surface area contributed by atoms with E-state index in [1.165, 1.54) is 0 Å². The molecule has 30 heavy (non-hydrogen) atoms. The third kappa shape index (κ3) is 5.37. The van der Waals surface area contributed by atoms with E-state index in [-0.39, 0.29) is 47.5 Å². The Morgan fingerprint density at radius 3 is 1.57 bits per heavy atom. The van der Waals surface area contributed by atoms with Gasteiger partial charge in [-0.3, -0.25) is 0 Å². The Labute approximate surface area is 187 Å². The first kappa shape index (κ1) is 26.4. The molecule has 2 saturated heterocycles. The van der Waals surface area contributed by atoms with Gasteiger partial charge in [-0.1, -0.05) is 20.8 Å². The minimum atomic E-state index is -1.80. The van der Waals surface area contributed by atoms with Crippen LogP contribution in [-0.2, 0) is 23.0 Å². The first-order valence-electron chi connectivity index (χ1n) is 11.6. The van der Waals surface area contributed by atoms with E-state index in [9.17, 15) is 0 Å². The average Bonchev–Trinajstić information content (AvgIpc) is 2.84. The van der Waals surface area contributed by atoms with Crippen molar-refractivity contribution in [2.24, 2.45) is 0 Å². The molecule has 0 bridgehead atoms. The van der Waals surface area contributed by atoms with Gasteiger partial charge in [-0.15, -0.1) is 0 Å². The summed E-state index contributed by atoms with van der Waals surface area (Å²) in [6.07, 6.45) is 1.58. The molecular formula is C22H46B2O5Si. The van der Waals surface area contributed by atoms with Gasteiger partial charge in [0.2, 0.25) is 0 Å². The van der Waals surface area contributed by atoms with Gasteiger partial charge in [-0.2, -0.15) is 0 Å². The zero-order valence-electron chi connectivity index (χ0n) is 21.9. The highest BCUT2D eigenvalue weighted by Gasteiger charge is 2.57. The van der Waals surface area contributed by atoms with Gasteiger partial charge in [-0.25, -0.2) is 0 Å². The molecule has 0 aliphatic carbocycles. The molecule has 8 heteroatoms. The van der Waals surface area contributed by atoms with Crippen molar-refractivity contribution in [2.45, 2.75) is 135 Å². The number of hydrogen-bond acceptors (Lipinski definition) is 5. The summed E-state index contributed by atoms with van der Waals surface area (Å²) in [6, 6.07) is 0. The zero-order valence-corrected chi connectivity index (χ0v) is 22.9. The van der Waals surface area contributed by atoms with Crippen LogP contribution in [0.4, 0.5) is 0 Å². The van der Waals surface area contributed by atoms with Crippen LogP contribution in [0.25, 0.3) is 0 Å². The molecule has 2 aliphatic rings. The molecule has 174 valence electrons. The molecule has 0 N–H and O–H groups in total. The maximum Gasteiger partial charge on any atom is 0.460 e. The molecule has 0 aromatic heterocycles. The van der Waals surface area contributed by atoms with E-state index in [2.05, 4.69) is 89.3 Å². The number of hydrogen-bond donors (Lipinski definition) is 0. The quantitative estimate of drug-likeness (QED) is 0.458. The van der Waals surface area contributed by atoms with Crippen molar-refractivity contribution in [2.75, 3.05) is 6.61 Å². The first-order chi connectivity index (χ1) is 13.2. The van der Waals surface area contributed by atoms with Gasteiger partial charge in [0.1, 0.15) is 0 Å². The monoisotopic (exact) mass is 440 g/mol. The minimum absolute atomic E-state index is 0.130. The molecule has 2 rings (SSSR count). The average molecular weight is 440 g/mol. The summed E-state index contributed by atoms with van der Waals surface area (Å²) in [5.74, 6) is 0.130. The fraction of sp³-hybridized carbons (Fsp3) is 1.00. The van der Waals surface area contributed by atoms with Crippen LogP contribution in [0.1, 0.15) is 82.6 Å². The topological polar surface area (TPSA) is 46.2 Å². The summed E-state index contributed by atoms with van der Waals surface area (Å²) >= 11 is 0. The highest BCUT2D eigenvalue weighted by atomic mass is 28.4. The van der Waals surface area contributed by atoms with Crippen molar-refractivity contribution in [1.29, 1.82) is 0 Å². The highest BCUT2D eigenvalue weighted by Crippen LogP contribution is 2.45. The molecule has 0 spiro atoms. The fourth-order valence-electron chi connectivity index (χ4n) is 3.44. The van der Waals surface area contributed by atoms with Crippen molar-refractivity contribution in [3.05, 3.63) is 0 Å². The van der Waals surface area contributed by atoms with Gasteiger partial charge in [0.05, 0.1) is 22.4 Å². The predicted octanol–water partition coefficient (Wildman–Crippen LogP) is 5.95. The van der Waals surface area contributed by atoms with Crippen LogP contribution >= 0.6 is 0 Å². The van der Waals surface area contributed by atoms with Crippen LogP contribution in [-0.4, -0.2) is 51.6 Å². The lowest BCUT2D eigenvalue weighted by Crippen LogP contribution is -2.41. The lowest BCUT2D eigenvalue weighted by Gasteiger charge is -2.36. The van der Waals surface area contributed by atoms with Crippen LogP contribution in [0.2, 0.25) is 30.3 Å². The highest BCUT2D eigenvalue weighted by molar-refractivity contribution is 6.74. The van der Waals surface area contributed by atoms with E-state index in [4.69, 9.17) is 23.0 Å². The normalized spacial score (nSPS) is 26.3. The molecule has 0 aromatic carbocycles. The summed E-state index contributed by atoms with van der Waals surface area (Å²) in [6.45, 7) is 28.9. The Morgan fingerprint density at radius 1 is 0.767 bits per heavy atom. The third-order valence-corrected chi connectivity index (χ3v) is 12.7. The van der Waals surface area contributed by atoms with Crippen LogP contribution < -0.4 is 0 Å². The van der Waals surface area contributed by atoms with E-state index in [1.807, 2.05) is 0 Å². The van der Waals surface area contributed by atoms with E-state index < -0.39 is 8.32 Å². The van der Waals surface area contributed by atoms with Gasteiger partial charge in [0, 0.05) is 6.61 Å². The zero-order chi connectivity index (χ0) is 23.4. The second-order valence-electron chi connectivity index (χ2n) is 12.7. The van der Waals surface area contributed by atoms with Gasteiger partial charge in [-0.05, 0) is 92.1 Å². The Morgan fingerprint density at radius 2 is 1.17 bits per heavy atom. The van der Waals surface area contributed by atoms with E-state index in [1.54, 1.807) is 0 Å². The van der Waals surface area contributed by atoms with Crippen LogP contribution in [0.5, 0.6) is 0 Å². The third-order valence-electron chi connectivity index (χ3n) is 8.21. The van der Waals surface area contributed by atoms with E-state index in [0.717, 1.165) is 12.7 Å². The molecule has 2 aliphatic heterocycles. The SMILES string of the molecule is CC1(C)OB(CC(CCO[Si](C)(C)C(C)(C)C)B2OC(C)(C)C(C)(C)O2)OC1(C)C. The molecule has 2 heterocycles. The summed E-state index contributed by atoms with van der Waals surface area (Å²) in [4.78, 5) is 0. The Hall–Kier alpha value is 0.147. The number of rotatable bonds is 7. The van der Waals surface area contributed by atoms with Crippen molar-refractivity contribution in [1.82, 2.24) is 0 Å². The molecule has 0 amide bonds. The van der Waals surface area contributed by atoms with Gasteiger partial charge in [0.25, 0.3) is 0 Å².